The fourth-order valence-electron chi connectivity index (χ4n) is 2.49. The zero-order valence-corrected chi connectivity index (χ0v) is 13.7. The van der Waals surface area contributed by atoms with E-state index in [2.05, 4.69) is 5.32 Å². The van der Waals surface area contributed by atoms with Crippen molar-refractivity contribution in [2.75, 3.05) is 6.54 Å². The van der Waals surface area contributed by atoms with Crippen LogP contribution >= 0.6 is 12.2 Å². The first-order chi connectivity index (χ1) is 11.5. The number of phenolic OH excluding ortho intramolecular Hbond substituents is 1. The van der Waals surface area contributed by atoms with Gasteiger partial charge in [0.15, 0.2) is 5.11 Å². The molecule has 1 aliphatic rings. The van der Waals surface area contributed by atoms with Crippen molar-refractivity contribution in [1.29, 1.82) is 0 Å². The SMILES string of the molecule is CCN1C(=O)/C(=C/c2cccn2-c2ccc(O)cc2)C(=O)NC1=S. The third-order valence-corrected chi connectivity index (χ3v) is 4.02. The highest BCUT2D eigenvalue weighted by Gasteiger charge is 2.32. The molecule has 1 fully saturated rings. The monoisotopic (exact) mass is 341 g/mol. The molecule has 122 valence electrons. The first-order valence-corrected chi connectivity index (χ1v) is 7.77. The number of nitrogens with one attached hydrogen (secondary N) is 1. The van der Waals surface area contributed by atoms with Gasteiger partial charge in [0.25, 0.3) is 11.8 Å². The van der Waals surface area contributed by atoms with E-state index in [1.165, 1.54) is 11.0 Å². The average Bonchev–Trinajstić information content (AvgIpc) is 3.00. The number of carbonyl (C=O) groups is 2. The van der Waals surface area contributed by atoms with Crippen molar-refractivity contribution < 1.29 is 14.7 Å². The molecule has 3 rings (SSSR count). The van der Waals surface area contributed by atoms with Crippen molar-refractivity contribution >= 4 is 35.2 Å². The molecule has 2 N–H and O–H groups in total. The largest absolute Gasteiger partial charge is 0.508 e. The van der Waals surface area contributed by atoms with Gasteiger partial charge in [-0.1, -0.05) is 0 Å². The van der Waals surface area contributed by atoms with E-state index in [1.807, 2.05) is 16.8 Å². The maximum Gasteiger partial charge on any atom is 0.265 e. The third-order valence-electron chi connectivity index (χ3n) is 3.70. The second-order valence-corrected chi connectivity index (χ2v) is 5.57. The zero-order valence-electron chi connectivity index (χ0n) is 12.9. The molecule has 24 heavy (non-hydrogen) atoms. The molecule has 0 unspecified atom stereocenters. The fraction of sp³-hybridized carbons (Fsp3) is 0.118. The summed E-state index contributed by atoms with van der Waals surface area (Å²) in [6.07, 6.45) is 3.35. The standard InChI is InChI=1S/C17H15N3O3S/c1-2-19-16(23)14(15(22)18-17(19)24)10-12-4-3-9-20(12)11-5-7-13(21)8-6-11/h3-10,21H,2H2,1H3,(H,18,22,24)/b14-10+. The molecule has 1 saturated heterocycles. The number of benzene rings is 1. The number of rotatable bonds is 3. The molecule has 2 heterocycles. The summed E-state index contributed by atoms with van der Waals surface area (Å²) in [4.78, 5) is 25.9. The zero-order chi connectivity index (χ0) is 17.3. The van der Waals surface area contributed by atoms with E-state index in [9.17, 15) is 14.7 Å². The highest BCUT2D eigenvalue weighted by molar-refractivity contribution is 7.80. The highest BCUT2D eigenvalue weighted by atomic mass is 32.1. The van der Waals surface area contributed by atoms with Crippen LogP contribution in [0.1, 0.15) is 12.6 Å². The number of aromatic nitrogens is 1. The molecule has 2 aromatic rings. The van der Waals surface area contributed by atoms with Crippen LogP contribution in [0.4, 0.5) is 0 Å². The second-order valence-electron chi connectivity index (χ2n) is 5.19. The van der Waals surface area contributed by atoms with Crippen LogP contribution in [-0.2, 0) is 9.59 Å². The molecule has 0 spiro atoms. The number of amides is 2. The van der Waals surface area contributed by atoms with Gasteiger partial charge in [-0.25, -0.2) is 0 Å². The average molecular weight is 341 g/mol. The topological polar surface area (TPSA) is 74.6 Å². The van der Waals surface area contributed by atoms with Gasteiger partial charge in [0.1, 0.15) is 11.3 Å². The minimum Gasteiger partial charge on any atom is -0.508 e. The van der Waals surface area contributed by atoms with Crippen LogP contribution in [0.2, 0.25) is 0 Å². The summed E-state index contributed by atoms with van der Waals surface area (Å²) in [7, 11) is 0. The Balaban J connectivity index is 2.01. The van der Waals surface area contributed by atoms with Crippen LogP contribution < -0.4 is 5.32 Å². The summed E-state index contributed by atoms with van der Waals surface area (Å²) in [5.41, 5.74) is 1.50. The van der Waals surface area contributed by atoms with Crippen molar-refractivity contribution in [3.05, 3.63) is 53.9 Å². The minimum absolute atomic E-state index is 0.0316. The molecule has 0 atom stereocenters. The Morgan fingerprint density at radius 1 is 1.21 bits per heavy atom. The summed E-state index contributed by atoms with van der Waals surface area (Å²) in [5.74, 6) is -0.752. The van der Waals surface area contributed by atoms with E-state index in [1.54, 1.807) is 37.3 Å². The van der Waals surface area contributed by atoms with Gasteiger partial charge in [0, 0.05) is 24.1 Å². The summed E-state index contributed by atoms with van der Waals surface area (Å²) >= 11 is 5.01. The summed E-state index contributed by atoms with van der Waals surface area (Å²) in [5, 5.41) is 12.0. The summed E-state index contributed by atoms with van der Waals surface area (Å²) < 4.78 is 1.82. The van der Waals surface area contributed by atoms with Crippen molar-refractivity contribution in [3.63, 3.8) is 0 Å². The molecule has 1 aromatic carbocycles. The van der Waals surface area contributed by atoms with E-state index in [0.29, 0.717) is 12.2 Å². The van der Waals surface area contributed by atoms with E-state index < -0.39 is 11.8 Å². The van der Waals surface area contributed by atoms with Gasteiger partial charge in [0.2, 0.25) is 0 Å². The number of carbonyl (C=O) groups excluding carboxylic acids is 2. The van der Waals surface area contributed by atoms with Gasteiger partial charge in [-0.2, -0.15) is 0 Å². The first-order valence-electron chi connectivity index (χ1n) is 7.37. The lowest BCUT2D eigenvalue weighted by molar-refractivity contribution is -0.128. The number of phenols is 1. The number of thiocarbonyl (C=S) groups is 1. The highest BCUT2D eigenvalue weighted by Crippen LogP contribution is 2.20. The molecule has 1 aromatic heterocycles. The van der Waals surface area contributed by atoms with Crippen LogP contribution in [0.5, 0.6) is 5.75 Å². The molecule has 0 aliphatic carbocycles. The minimum atomic E-state index is -0.506. The van der Waals surface area contributed by atoms with Gasteiger partial charge < -0.3 is 9.67 Å². The van der Waals surface area contributed by atoms with E-state index in [-0.39, 0.29) is 16.4 Å². The van der Waals surface area contributed by atoms with E-state index >= 15 is 0 Å². The molecule has 2 amide bonds. The van der Waals surface area contributed by atoms with E-state index in [4.69, 9.17) is 12.2 Å². The van der Waals surface area contributed by atoms with Crippen LogP contribution in [0.3, 0.4) is 0 Å². The number of nitrogens with zero attached hydrogens (tertiary/aromatic N) is 2. The van der Waals surface area contributed by atoms with Crippen molar-refractivity contribution in [2.45, 2.75) is 6.92 Å². The van der Waals surface area contributed by atoms with E-state index in [0.717, 1.165) is 5.69 Å². The quantitative estimate of drug-likeness (QED) is 0.507. The van der Waals surface area contributed by atoms with Crippen molar-refractivity contribution in [3.8, 4) is 11.4 Å². The normalized spacial score (nSPS) is 16.6. The Kier molecular flexibility index (Phi) is 4.18. The van der Waals surface area contributed by atoms with Crippen LogP contribution in [0.25, 0.3) is 11.8 Å². The van der Waals surface area contributed by atoms with Crippen LogP contribution in [0, 0.1) is 0 Å². The lowest BCUT2D eigenvalue weighted by Crippen LogP contribution is -2.53. The summed E-state index contributed by atoms with van der Waals surface area (Å²) in [6.45, 7) is 2.17. The van der Waals surface area contributed by atoms with Gasteiger partial charge in [0.05, 0.1) is 0 Å². The Morgan fingerprint density at radius 2 is 1.92 bits per heavy atom. The van der Waals surface area contributed by atoms with Crippen LogP contribution in [-0.4, -0.2) is 38.0 Å². The molecule has 1 aliphatic heterocycles. The molecular formula is C17H15N3O3S. The summed E-state index contributed by atoms with van der Waals surface area (Å²) in [6, 6.07) is 10.2. The smallest absolute Gasteiger partial charge is 0.265 e. The van der Waals surface area contributed by atoms with Crippen LogP contribution in [0.15, 0.2) is 48.2 Å². The van der Waals surface area contributed by atoms with Gasteiger partial charge >= 0.3 is 0 Å². The van der Waals surface area contributed by atoms with Gasteiger partial charge in [-0.3, -0.25) is 19.8 Å². The Hall–Kier alpha value is -2.93. The number of likely N-dealkylation sites (N-methyl/N-ethyl adjacent to an activating group) is 1. The second kappa shape index (κ2) is 6.29. The third kappa shape index (κ3) is 2.81. The Labute approximate surface area is 144 Å². The molecule has 0 radical (unpaired) electrons. The predicted octanol–water partition coefficient (Wildman–Crippen LogP) is 1.83. The molecule has 0 saturated carbocycles. The number of hydrogen-bond donors (Lipinski definition) is 2. The lowest BCUT2D eigenvalue weighted by Gasteiger charge is -2.27. The Bertz CT molecular complexity index is 852. The maximum atomic E-state index is 12.5. The molecule has 7 heteroatoms. The lowest BCUT2D eigenvalue weighted by atomic mass is 10.1. The number of hydrogen-bond acceptors (Lipinski definition) is 4. The number of aromatic hydroxyl groups is 1. The maximum absolute atomic E-state index is 12.5. The van der Waals surface area contributed by atoms with Crippen molar-refractivity contribution in [2.24, 2.45) is 0 Å². The molecule has 0 bridgehead atoms. The first kappa shape index (κ1) is 15.9. The van der Waals surface area contributed by atoms with Gasteiger partial charge in [-0.05, 0) is 61.6 Å². The van der Waals surface area contributed by atoms with Gasteiger partial charge in [-0.15, -0.1) is 0 Å². The predicted molar refractivity (Wildman–Crippen MR) is 93.5 cm³/mol. The van der Waals surface area contributed by atoms with Crippen molar-refractivity contribution in [1.82, 2.24) is 14.8 Å². The Morgan fingerprint density at radius 3 is 2.58 bits per heavy atom. The molecular weight excluding hydrogens is 326 g/mol. The molecule has 6 nitrogen and oxygen atoms in total. The fourth-order valence-corrected chi connectivity index (χ4v) is 2.79.